The second-order valence-corrected chi connectivity index (χ2v) is 7.32. The molecule has 6 heteroatoms. The van der Waals surface area contributed by atoms with Gasteiger partial charge in [0, 0.05) is 16.9 Å². The zero-order valence-electron chi connectivity index (χ0n) is 12.9. The summed E-state index contributed by atoms with van der Waals surface area (Å²) in [4.78, 5) is 25.2. The van der Waals surface area contributed by atoms with E-state index in [1.807, 2.05) is 24.3 Å². The molecule has 1 N–H and O–H groups in total. The first-order chi connectivity index (χ1) is 10.2. The molecule has 0 aromatic heterocycles. The van der Waals surface area contributed by atoms with E-state index in [-0.39, 0.29) is 5.92 Å². The average molecular weight is 370 g/mol. The Morgan fingerprint density at radius 3 is 2.36 bits per heavy atom. The lowest BCUT2D eigenvalue weighted by Crippen LogP contribution is -2.45. The number of rotatable bonds is 2. The number of nitrogens with zero attached hydrogens (tertiary/aromatic N) is 1. The van der Waals surface area contributed by atoms with Crippen LogP contribution in [0.5, 0.6) is 0 Å². The lowest BCUT2D eigenvalue weighted by Gasteiger charge is -2.28. The molecule has 1 aromatic rings. The van der Waals surface area contributed by atoms with Crippen LogP contribution in [-0.2, 0) is 9.53 Å². The molecule has 1 fully saturated rings. The third-order valence-electron chi connectivity index (χ3n) is 3.58. The molecule has 0 radical (unpaired) electrons. The van der Waals surface area contributed by atoms with Crippen LogP contribution in [0.15, 0.2) is 28.7 Å². The van der Waals surface area contributed by atoms with Crippen molar-refractivity contribution in [1.29, 1.82) is 0 Å². The normalized spacial score (nSPS) is 21.7. The fraction of sp³-hybridized carbons (Fsp3) is 0.500. The van der Waals surface area contributed by atoms with E-state index in [2.05, 4.69) is 15.9 Å². The number of carboxylic acids is 1. The number of carbonyl (C=O) groups excluding carboxylic acids is 1. The fourth-order valence-electron chi connectivity index (χ4n) is 2.68. The number of likely N-dealkylation sites (tertiary alicyclic amines) is 1. The van der Waals surface area contributed by atoms with Crippen molar-refractivity contribution in [2.45, 2.75) is 44.8 Å². The number of hydrogen-bond acceptors (Lipinski definition) is 3. The predicted molar refractivity (Wildman–Crippen MR) is 85.9 cm³/mol. The maximum absolute atomic E-state index is 12.2. The van der Waals surface area contributed by atoms with Crippen LogP contribution in [0.4, 0.5) is 4.79 Å². The van der Waals surface area contributed by atoms with E-state index in [0.717, 1.165) is 10.0 Å². The van der Waals surface area contributed by atoms with Crippen molar-refractivity contribution in [2.75, 3.05) is 6.54 Å². The van der Waals surface area contributed by atoms with Crippen molar-refractivity contribution in [3.8, 4) is 0 Å². The van der Waals surface area contributed by atoms with Crippen LogP contribution in [0.1, 0.15) is 38.7 Å². The van der Waals surface area contributed by atoms with Gasteiger partial charge in [-0.15, -0.1) is 0 Å². The fourth-order valence-corrected chi connectivity index (χ4v) is 2.95. The van der Waals surface area contributed by atoms with E-state index in [1.165, 1.54) is 4.90 Å². The molecule has 1 aromatic carbocycles. The van der Waals surface area contributed by atoms with Crippen molar-refractivity contribution in [1.82, 2.24) is 4.90 Å². The number of benzene rings is 1. The Hall–Kier alpha value is -1.56. The third-order valence-corrected chi connectivity index (χ3v) is 4.11. The number of carbonyl (C=O) groups is 2. The number of hydrogen-bond donors (Lipinski definition) is 1. The first kappa shape index (κ1) is 16.8. The highest BCUT2D eigenvalue weighted by Gasteiger charge is 2.44. The quantitative estimate of drug-likeness (QED) is 0.864. The van der Waals surface area contributed by atoms with E-state index in [1.54, 1.807) is 20.8 Å². The Kier molecular flexibility index (Phi) is 4.80. The van der Waals surface area contributed by atoms with Crippen molar-refractivity contribution in [3.05, 3.63) is 34.3 Å². The summed E-state index contributed by atoms with van der Waals surface area (Å²) in [5.74, 6) is -1.23. The van der Waals surface area contributed by atoms with E-state index in [4.69, 9.17) is 4.74 Å². The van der Waals surface area contributed by atoms with Gasteiger partial charge in [-0.2, -0.15) is 0 Å². The zero-order chi connectivity index (χ0) is 16.5. The van der Waals surface area contributed by atoms with Crippen LogP contribution in [0.3, 0.4) is 0 Å². The number of amides is 1. The van der Waals surface area contributed by atoms with Crippen LogP contribution in [-0.4, -0.2) is 40.3 Å². The summed E-state index contributed by atoms with van der Waals surface area (Å²) in [6.45, 7) is 5.68. The first-order valence-corrected chi connectivity index (χ1v) is 7.96. The summed E-state index contributed by atoms with van der Waals surface area (Å²) in [6, 6.07) is 6.65. The molecular weight excluding hydrogens is 350 g/mol. The molecule has 0 saturated carbocycles. The van der Waals surface area contributed by atoms with Gasteiger partial charge in [0.15, 0.2) is 0 Å². The molecule has 1 saturated heterocycles. The standard InChI is InChI=1S/C16H20BrNO4/c1-16(2,3)22-15(21)18-9-8-12(13(18)14(19)20)10-4-6-11(17)7-5-10/h4-7,12-13H,8-9H2,1-3H3,(H,19,20)/t12-,13+/m0/s1. The van der Waals surface area contributed by atoms with Gasteiger partial charge in [-0.3, -0.25) is 4.90 Å². The van der Waals surface area contributed by atoms with Gasteiger partial charge in [-0.05, 0) is 44.9 Å². The smallest absolute Gasteiger partial charge is 0.411 e. The summed E-state index contributed by atoms with van der Waals surface area (Å²) in [5, 5.41) is 9.56. The number of aliphatic carboxylic acids is 1. The first-order valence-electron chi connectivity index (χ1n) is 7.17. The lowest BCUT2D eigenvalue weighted by atomic mass is 9.92. The molecule has 1 amide bonds. The topological polar surface area (TPSA) is 66.8 Å². The van der Waals surface area contributed by atoms with Gasteiger partial charge in [0.25, 0.3) is 0 Å². The maximum atomic E-state index is 12.2. The largest absolute Gasteiger partial charge is 0.480 e. The van der Waals surface area contributed by atoms with Gasteiger partial charge >= 0.3 is 12.1 Å². The van der Waals surface area contributed by atoms with Crippen LogP contribution in [0.2, 0.25) is 0 Å². The Bertz CT molecular complexity index is 565. The molecule has 1 aliphatic heterocycles. The molecular formula is C16H20BrNO4. The number of ether oxygens (including phenoxy) is 1. The van der Waals surface area contributed by atoms with Gasteiger partial charge < -0.3 is 9.84 Å². The van der Waals surface area contributed by atoms with E-state index in [9.17, 15) is 14.7 Å². The van der Waals surface area contributed by atoms with Crippen molar-refractivity contribution in [3.63, 3.8) is 0 Å². The van der Waals surface area contributed by atoms with Crippen LogP contribution < -0.4 is 0 Å². The molecule has 0 aliphatic carbocycles. The minimum absolute atomic E-state index is 0.224. The number of carboxylic acid groups (broad SMARTS) is 1. The van der Waals surface area contributed by atoms with Gasteiger partial charge in [0.05, 0.1) is 0 Å². The van der Waals surface area contributed by atoms with Crippen LogP contribution in [0.25, 0.3) is 0 Å². The monoisotopic (exact) mass is 369 g/mol. The predicted octanol–water partition coefficient (Wildman–Crippen LogP) is 3.63. The molecule has 120 valence electrons. The molecule has 0 spiro atoms. The lowest BCUT2D eigenvalue weighted by molar-refractivity contribution is -0.142. The molecule has 2 rings (SSSR count). The van der Waals surface area contributed by atoms with Gasteiger partial charge in [-0.1, -0.05) is 28.1 Å². The molecule has 0 unspecified atom stereocenters. The summed E-state index contributed by atoms with van der Waals surface area (Å²) in [6.07, 6.45) is 0.0391. The Labute approximate surface area is 138 Å². The van der Waals surface area contributed by atoms with Gasteiger partial charge in [0.2, 0.25) is 0 Å². The highest BCUT2D eigenvalue weighted by molar-refractivity contribution is 9.10. The van der Waals surface area contributed by atoms with Gasteiger partial charge in [-0.25, -0.2) is 9.59 Å². The van der Waals surface area contributed by atoms with Crippen molar-refractivity contribution < 1.29 is 19.4 Å². The van der Waals surface area contributed by atoms with Gasteiger partial charge in [0.1, 0.15) is 11.6 Å². The maximum Gasteiger partial charge on any atom is 0.411 e. The van der Waals surface area contributed by atoms with Crippen molar-refractivity contribution in [2.24, 2.45) is 0 Å². The Morgan fingerprint density at radius 2 is 1.86 bits per heavy atom. The molecule has 22 heavy (non-hydrogen) atoms. The highest BCUT2D eigenvalue weighted by atomic mass is 79.9. The summed E-state index contributed by atoms with van der Waals surface area (Å²) >= 11 is 3.37. The summed E-state index contributed by atoms with van der Waals surface area (Å²) in [5.41, 5.74) is 0.275. The molecule has 5 nitrogen and oxygen atoms in total. The number of halogens is 1. The molecule has 2 atom stereocenters. The SMILES string of the molecule is CC(C)(C)OC(=O)N1CC[C@@H](c2ccc(Br)cc2)[C@@H]1C(=O)O. The Morgan fingerprint density at radius 1 is 1.27 bits per heavy atom. The second kappa shape index (κ2) is 6.28. The van der Waals surface area contributed by atoms with Crippen LogP contribution >= 0.6 is 15.9 Å². The molecule has 1 heterocycles. The summed E-state index contributed by atoms with van der Waals surface area (Å²) in [7, 11) is 0. The zero-order valence-corrected chi connectivity index (χ0v) is 14.5. The Balaban J connectivity index is 2.23. The van der Waals surface area contributed by atoms with E-state index >= 15 is 0 Å². The van der Waals surface area contributed by atoms with E-state index < -0.39 is 23.7 Å². The third kappa shape index (κ3) is 3.80. The van der Waals surface area contributed by atoms with E-state index in [0.29, 0.717) is 13.0 Å². The second-order valence-electron chi connectivity index (χ2n) is 6.40. The minimum atomic E-state index is -1.00. The minimum Gasteiger partial charge on any atom is -0.480 e. The molecule has 0 bridgehead atoms. The average Bonchev–Trinajstić information content (AvgIpc) is 2.82. The van der Waals surface area contributed by atoms with Crippen molar-refractivity contribution >= 4 is 28.0 Å². The summed E-state index contributed by atoms with van der Waals surface area (Å²) < 4.78 is 6.26. The van der Waals surface area contributed by atoms with Crippen LogP contribution in [0, 0.1) is 0 Å². The highest BCUT2D eigenvalue weighted by Crippen LogP contribution is 2.35. The molecule has 1 aliphatic rings.